The molecule has 0 amide bonds. The second-order valence-electron chi connectivity index (χ2n) is 5.76. The van der Waals surface area contributed by atoms with E-state index in [1.807, 2.05) is 60.7 Å². The maximum absolute atomic E-state index is 4.94. The van der Waals surface area contributed by atoms with E-state index in [9.17, 15) is 0 Å². The quantitative estimate of drug-likeness (QED) is 0.585. The fourth-order valence-electron chi connectivity index (χ4n) is 2.17. The van der Waals surface area contributed by atoms with Crippen LogP contribution in [0.2, 0.25) is 0 Å². The number of halogens is 2. The predicted octanol–water partition coefficient (Wildman–Crippen LogP) is 0.242. The molecule has 160 valence electrons. The molecule has 2 aromatic rings. The molecule has 2 fully saturated rings. The van der Waals surface area contributed by atoms with Gasteiger partial charge in [0, 0.05) is 26.4 Å². The molecule has 0 aliphatic carbocycles. The number of ether oxygens (including phenoxy) is 2. The zero-order valence-electron chi connectivity index (χ0n) is 17.4. The summed E-state index contributed by atoms with van der Waals surface area (Å²) in [6.07, 6.45) is 5.11. The first-order valence-electron chi connectivity index (χ1n) is 9.32. The number of nitrogens with zero attached hydrogens (tertiary/aromatic N) is 2. The Balaban J connectivity index is -0.000000306. The molecule has 0 bridgehead atoms. The molecule has 0 radical (unpaired) electrons. The van der Waals surface area contributed by atoms with Gasteiger partial charge in [0.25, 0.3) is 0 Å². The number of para-hydroxylation sites is 2. The molecule has 2 aliphatic heterocycles. The van der Waals surface area contributed by atoms with Crippen molar-refractivity contribution in [1.82, 2.24) is 0 Å². The molecule has 2 aromatic carbocycles. The summed E-state index contributed by atoms with van der Waals surface area (Å²) in [5, 5.41) is 7.94. The van der Waals surface area contributed by atoms with Crippen LogP contribution in [0.5, 0.6) is 0 Å². The van der Waals surface area contributed by atoms with Crippen LogP contribution in [0.1, 0.15) is 25.7 Å². The molecule has 0 aromatic heterocycles. The van der Waals surface area contributed by atoms with E-state index in [1.54, 1.807) is 14.1 Å². The van der Waals surface area contributed by atoms with Crippen LogP contribution in [-0.2, 0) is 31.2 Å². The summed E-state index contributed by atoms with van der Waals surface area (Å²) in [7, 11) is 3.57. The minimum atomic E-state index is 0. The third-order valence-electron chi connectivity index (χ3n) is 3.68. The smallest absolute Gasteiger partial charge is 1.00 e. The van der Waals surface area contributed by atoms with Crippen molar-refractivity contribution >= 4 is 11.4 Å². The fourth-order valence-corrected chi connectivity index (χ4v) is 2.17. The minimum Gasteiger partial charge on any atom is -1.00 e. The van der Waals surface area contributed by atoms with Crippen molar-refractivity contribution in [3.05, 3.63) is 71.3 Å². The Morgan fingerprint density at radius 1 is 0.552 bits per heavy atom. The maximum atomic E-state index is 4.94. The molecule has 2 aliphatic rings. The van der Waals surface area contributed by atoms with Crippen molar-refractivity contribution in [1.29, 1.82) is 0 Å². The number of rotatable bonds is 2. The van der Waals surface area contributed by atoms with E-state index in [4.69, 9.17) is 9.47 Å². The predicted molar refractivity (Wildman–Crippen MR) is 111 cm³/mol. The molecule has 0 unspecified atom stereocenters. The van der Waals surface area contributed by atoms with Crippen LogP contribution in [0.15, 0.2) is 60.7 Å². The zero-order chi connectivity index (χ0) is 18.7. The van der Waals surface area contributed by atoms with Crippen molar-refractivity contribution < 1.29 is 56.0 Å². The van der Waals surface area contributed by atoms with E-state index >= 15 is 0 Å². The average molecular weight is 475 g/mol. The Kier molecular flexibility index (Phi) is 28.7. The van der Waals surface area contributed by atoms with Gasteiger partial charge in [0.15, 0.2) is 0 Å². The Bertz CT molecular complexity index is 464. The first-order valence-corrected chi connectivity index (χ1v) is 9.32. The molecule has 29 heavy (non-hydrogen) atoms. The van der Waals surface area contributed by atoms with E-state index in [-0.39, 0.29) is 46.5 Å². The Morgan fingerprint density at radius 3 is 0.966 bits per heavy atom. The van der Waals surface area contributed by atoms with Crippen molar-refractivity contribution in [2.24, 2.45) is 0 Å². The van der Waals surface area contributed by atoms with Crippen LogP contribution < -0.4 is 24.8 Å². The molecule has 4 nitrogen and oxygen atoms in total. The molecular formula is C22H32Cl2N2O2Ti. The van der Waals surface area contributed by atoms with Crippen LogP contribution in [0, 0.1) is 0 Å². The van der Waals surface area contributed by atoms with Crippen molar-refractivity contribution in [2.75, 3.05) is 40.5 Å². The Labute approximate surface area is 204 Å². The Hall–Kier alpha value is -0.746. The summed E-state index contributed by atoms with van der Waals surface area (Å²) >= 11 is 0. The molecule has 2 saturated heterocycles. The summed E-state index contributed by atoms with van der Waals surface area (Å²) in [5.41, 5.74) is 2.07. The SMILES string of the molecule is C1CCOC1.C1CCOC1.C[N-]c1ccccc1.C[N-]c1ccccc1.[Cl-].[Cl-].[Ti+4]. The molecule has 0 atom stereocenters. The Morgan fingerprint density at radius 2 is 0.828 bits per heavy atom. The van der Waals surface area contributed by atoms with Gasteiger partial charge in [-0.3, -0.25) is 0 Å². The maximum Gasteiger partial charge on any atom is 4.00 e. The van der Waals surface area contributed by atoms with Gasteiger partial charge >= 0.3 is 21.7 Å². The van der Waals surface area contributed by atoms with Gasteiger partial charge in [0.1, 0.15) is 0 Å². The standard InChI is InChI=1S/2C7H8N.2C4H8O.2ClH.Ti/c2*1-8-7-5-3-2-4-6-7;2*1-2-4-5-3-1;;;/h2*2-6H,1H3;2*1-4H2;2*1H;/q2*-1;;;;;+4/p-2. The second kappa shape index (κ2) is 25.3. The van der Waals surface area contributed by atoms with E-state index in [0.717, 1.165) is 37.8 Å². The van der Waals surface area contributed by atoms with Gasteiger partial charge in [0.2, 0.25) is 0 Å². The van der Waals surface area contributed by atoms with Gasteiger partial charge in [-0.25, -0.2) is 0 Å². The molecular weight excluding hydrogens is 443 g/mol. The summed E-state index contributed by atoms with van der Waals surface area (Å²) in [6, 6.07) is 19.7. The third kappa shape index (κ3) is 20.3. The monoisotopic (exact) mass is 474 g/mol. The first-order chi connectivity index (χ1) is 12.9. The van der Waals surface area contributed by atoms with Crippen LogP contribution >= 0.6 is 0 Å². The van der Waals surface area contributed by atoms with E-state index in [2.05, 4.69) is 10.6 Å². The zero-order valence-corrected chi connectivity index (χ0v) is 20.5. The van der Waals surface area contributed by atoms with E-state index < -0.39 is 0 Å². The number of hydrogen-bond acceptors (Lipinski definition) is 2. The molecule has 0 N–H and O–H groups in total. The number of benzene rings is 2. The normalized spacial score (nSPS) is 13.0. The van der Waals surface area contributed by atoms with Crippen molar-refractivity contribution in [2.45, 2.75) is 25.7 Å². The molecule has 0 spiro atoms. The van der Waals surface area contributed by atoms with Gasteiger partial charge in [-0.15, -0.1) is 25.5 Å². The number of hydrogen-bond donors (Lipinski definition) is 0. The summed E-state index contributed by atoms with van der Waals surface area (Å²) < 4.78 is 9.89. The van der Waals surface area contributed by atoms with Crippen molar-refractivity contribution in [3.8, 4) is 0 Å². The van der Waals surface area contributed by atoms with Gasteiger partial charge in [-0.05, 0) is 25.7 Å². The molecule has 7 heteroatoms. The van der Waals surface area contributed by atoms with Crippen LogP contribution in [0.3, 0.4) is 0 Å². The molecule has 0 saturated carbocycles. The molecule has 4 rings (SSSR count). The summed E-state index contributed by atoms with van der Waals surface area (Å²) in [5.74, 6) is 0. The van der Waals surface area contributed by atoms with Crippen LogP contribution in [-0.4, -0.2) is 40.5 Å². The van der Waals surface area contributed by atoms with Crippen molar-refractivity contribution in [3.63, 3.8) is 0 Å². The third-order valence-corrected chi connectivity index (χ3v) is 3.68. The fraction of sp³-hybridized carbons (Fsp3) is 0.455. The van der Waals surface area contributed by atoms with Crippen LogP contribution in [0.25, 0.3) is 10.6 Å². The van der Waals surface area contributed by atoms with E-state index in [0.29, 0.717) is 0 Å². The molecule has 2 heterocycles. The van der Waals surface area contributed by atoms with Gasteiger partial charge < -0.3 is 44.9 Å². The summed E-state index contributed by atoms with van der Waals surface area (Å²) in [6.45, 7) is 4.00. The van der Waals surface area contributed by atoms with Gasteiger partial charge in [0.05, 0.1) is 0 Å². The van der Waals surface area contributed by atoms with Gasteiger partial charge in [-0.1, -0.05) is 60.7 Å². The first kappa shape index (κ1) is 32.9. The topological polar surface area (TPSA) is 46.7 Å². The van der Waals surface area contributed by atoms with Gasteiger partial charge in [-0.2, -0.15) is 0 Å². The second-order valence-corrected chi connectivity index (χ2v) is 5.76. The average Bonchev–Trinajstić information content (AvgIpc) is 3.48. The summed E-state index contributed by atoms with van der Waals surface area (Å²) in [4.78, 5) is 0. The van der Waals surface area contributed by atoms with Crippen LogP contribution in [0.4, 0.5) is 11.4 Å². The van der Waals surface area contributed by atoms with E-state index in [1.165, 1.54) is 25.7 Å². The minimum absolute atomic E-state index is 0. The largest absolute Gasteiger partial charge is 4.00 e.